The molecule has 3 aromatic heterocycles. The zero-order valence-electron chi connectivity index (χ0n) is 18.1. The van der Waals surface area contributed by atoms with Gasteiger partial charge >= 0.3 is 0 Å². The molecule has 10 heteroatoms. The maximum Gasteiger partial charge on any atom is 0.270 e. The number of aromatic nitrogens is 3. The number of benzene rings is 1. The molecule has 1 aromatic carbocycles. The fourth-order valence-electron chi connectivity index (χ4n) is 2.92. The van der Waals surface area contributed by atoms with Crippen molar-refractivity contribution in [2.75, 3.05) is 0 Å². The van der Waals surface area contributed by atoms with Gasteiger partial charge in [0.15, 0.2) is 23.1 Å². The Hall–Kier alpha value is -3.50. The number of rotatable bonds is 6. The number of Topliss-reactive ketones (excluding diaryl/α,β-unsaturated/α-hetero) is 1. The lowest BCUT2D eigenvalue weighted by atomic mass is 10.2. The zero-order chi connectivity index (χ0) is 24.0. The lowest BCUT2D eigenvalue weighted by Crippen LogP contribution is -2.25. The van der Waals surface area contributed by atoms with Crippen LogP contribution in [0.2, 0.25) is 0 Å². The van der Waals surface area contributed by atoms with Crippen LogP contribution in [0.4, 0.5) is 8.78 Å². The van der Waals surface area contributed by atoms with E-state index >= 15 is 0 Å². The fraction of sp³-hybridized carbons (Fsp3) is 0.217. The van der Waals surface area contributed by atoms with Crippen LogP contribution in [0, 0.1) is 11.6 Å². The van der Waals surface area contributed by atoms with Crippen LogP contribution in [0.3, 0.4) is 0 Å². The average Bonchev–Trinajstić information content (AvgIpc) is 3.48. The number of carbonyl (C=O) groups excluding carboxylic acids is 2. The summed E-state index contributed by atoms with van der Waals surface area (Å²) >= 11 is 1.79. The standard InChI is InChI=1S/C16H12F2N4O2.C7H11NS/c1-9(23)14-7-13(21-15-4-5-20-22(14)15)16(24)19-8-10-2-3-11(17)12(18)6-10;1-2-7-3-6(4-8)5-9-7/h2-7H,8H2,1H3,(H,19,24);3,5H,2,4,8H2,1H3. The van der Waals surface area contributed by atoms with Crippen LogP contribution >= 0.6 is 11.3 Å². The summed E-state index contributed by atoms with van der Waals surface area (Å²) < 4.78 is 27.4. The SMILES string of the molecule is CC(=O)c1cc(C(=O)NCc2ccc(F)c(F)c2)nc2ccnn12.CCc1cc(CN)cs1. The van der Waals surface area contributed by atoms with Gasteiger partial charge in [-0.1, -0.05) is 13.0 Å². The molecule has 3 heterocycles. The molecule has 0 aliphatic carbocycles. The van der Waals surface area contributed by atoms with Gasteiger partial charge in [-0.3, -0.25) is 9.59 Å². The van der Waals surface area contributed by atoms with Gasteiger partial charge in [-0.2, -0.15) is 5.10 Å². The van der Waals surface area contributed by atoms with Crippen LogP contribution in [0.25, 0.3) is 5.65 Å². The molecule has 4 rings (SSSR count). The minimum Gasteiger partial charge on any atom is -0.347 e. The number of nitrogens with two attached hydrogens (primary N) is 1. The van der Waals surface area contributed by atoms with Crippen molar-refractivity contribution in [2.24, 2.45) is 5.73 Å². The Labute approximate surface area is 193 Å². The van der Waals surface area contributed by atoms with E-state index in [-0.39, 0.29) is 23.7 Å². The van der Waals surface area contributed by atoms with Gasteiger partial charge in [-0.15, -0.1) is 11.3 Å². The minimum atomic E-state index is -0.987. The van der Waals surface area contributed by atoms with E-state index in [1.165, 1.54) is 40.2 Å². The van der Waals surface area contributed by atoms with Crippen molar-refractivity contribution < 1.29 is 18.4 Å². The Balaban J connectivity index is 0.000000286. The van der Waals surface area contributed by atoms with Crippen LogP contribution in [0.5, 0.6) is 0 Å². The van der Waals surface area contributed by atoms with E-state index in [1.54, 1.807) is 17.4 Å². The number of carbonyl (C=O) groups is 2. The Morgan fingerprint density at radius 3 is 2.52 bits per heavy atom. The number of thiophene rings is 1. The summed E-state index contributed by atoms with van der Waals surface area (Å²) in [5.41, 5.74) is 7.71. The minimum absolute atomic E-state index is 0.00242. The molecule has 0 aliphatic heterocycles. The largest absolute Gasteiger partial charge is 0.347 e. The van der Waals surface area contributed by atoms with Crippen LogP contribution in [-0.4, -0.2) is 26.3 Å². The molecule has 33 heavy (non-hydrogen) atoms. The normalized spacial score (nSPS) is 10.6. The first-order valence-electron chi connectivity index (χ1n) is 10.2. The predicted octanol–water partition coefficient (Wildman–Crippen LogP) is 3.91. The van der Waals surface area contributed by atoms with Gasteiger partial charge < -0.3 is 11.1 Å². The maximum atomic E-state index is 13.2. The molecule has 7 nitrogen and oxygen atoms in total. The smallest absolute Gasteiger partial charge is 0.270 e. The number of ketones is 1. The van der Waals surface area contributed by atoms with Crippen LogP contribution in [-0.2, 0) is 19.5 Å². The molecular formula is C23H23F2N5O2S. The second-order valence-electron chi connectivity index (χ2n) is 7.09. The molecule has 0 saturated heterocycles. The third-order valence-electron chi connectivity index (χ3n) is 4.68. The highest BCUT2D eigenvalue weighted by Crippen LogP contribution is 2.14. The number of hydrogen-bond acceptors (Lipinski definition) is 6. The molecule has 0 radical (unpaired) electrons. The average molecular weight is 472 g/mol. The van der Waals surface area contributed by atoms with Crippen molar-refractivity contribution in [3.63, 3.8) is 0 Å². The first-order chi connectivity index (χ1) is 15.8. The third kappa shape index (κ3) is 6.05. The summed E-state index contributed by atoms with van der Waals surface area (Å²) in [6, 6.07) is 8.44. The number of hydrogen-bond donors (Lipinski definition) is 2. The predicted molar refractivity (Wildman–Crippen MR) is 122 cm³/mol. The van der Waals surface area contributed by atoms with Gasteiger partial charge in [0, 0.05) is 31.0 Å². The summed E-state index contributed by atoms with van der Waals surface area (Å²) in [5.74, 6) is -2.74. The van der Waals surface area contributed by atoms with Crippen molar-refractivity contribution in [1.82, 2.24) is 19.9 Å². The van der Waals surface area contributed by atoms with Crippen molar-refractivity contribution in [1.29, 1.82) is 0 Å². The Morgan fingerprint density at radius 1 is 1.12 bits per heavy atom. The van der Waals surface area contributed by atoms with Crippen LogP contribution < -0.4 is 11.1 Å². The fourth-order valence-corrected chi connectivity index (χ4v) is 3.77. The second-order valence-corrected chi connectivity index (χ2v) is 8.09. The number of halogens is 2. The van der Waals surface area contributed by atoms with E-state index in [4.69, 9.17) is 5.73 Å². The van der Waals surface area contributed by atoms with E-state index in [0.717, 1.165) is 18.6 Å². The summed E-state index contributed by atoms with van der Waals surface area (Å²) in [7, 11) is 0. The quantitative estimate of drug-likeness (QED) is 0.415. The highest BCUT2D eigenvalue weighted by atomic mass is 32.1. The van der Waals surface area contributed by atoms with Gasteiger partial charge in [-0.05, 0) is 47.2 Å². The lowest BCUT2D eigenvalue weighted by Gasteiger charge is -2.07. The van der Waals surface area contributed by atoms with E-state index in [2.05, 4.69) is 33.8 Å². The van der Waals surface area contributed by atoms with Gasteiger partial charge in [0.2, 0.25) is 0 Å². The van der Waals surface area contributed by atoms with Gasteiger partial charge in [0.1, 0.15) is 11.4 Å². The lowest BCUT2D eigenvalue weighted by molar-refractivity contribution is 0.0946. The molecule has 0 aliphatic rings. The molecule has 1 amide bonds. The first kappa shape index (κ1) is 24.1. The molecule has 4 aromatic rings. The molecule has 172 valence electrons. The van der Waals surface area contributed by atoms with E-state index < -0.39 is 17.5 Å². The molecule has 0 spiro atoms. The molecule has 0 unspecified atom stereocenters. The van der Waals surface area contributed by atoms with E-state index in [0.29, 0.717) is 17.8 Å². The summed E-state index contributed by atoms with van der Waals surface area (Å²) in [5, 5.41) is 8.65. The van der Waals surface area contributed by atoms with Gasteiger partial charge in [-0.25, -0.2) is 18.3 Å². The summed E-state index contributed by atoms with van der Waals surface area (Å²) in [6.45, 7) is 4.19. The van der Waals surface area contributed by atoms with Crippen molar-refractivity contribution in [3.8, 4) is 0 Å². The Kier molecular flexibility index (Phi) is 7.96. The van der Waals surface area contributed by atoms with E-state index in [1.807, 2.05) is 0 Å². The molecule has 0 saturated carbocycles. The third-order valence-corrected chi connectivity index (χ3v) is 5.81. The second kappa shape index (κ2) is 10.9. The molecule has 0 fully saturated rings. The Morgan fingerprint density at radius 2 is 1.91 bits per heavy atom. The topological polar surface area (TPSA) is 102 Å². The highest BCUT2D eigenvalue weighted by molar-refractivity contribution is 7.10. The number of nitrogens with zero attached hydrogens (tertiary/aromatic N) is 3. The molecule has 0 bridgehead atoms. The molecular weight excluding hydrogens is 448 g/mol. The van der Waals surface area contributed by atoms with Gasteiger partial charge in [0.05, 0.1) is 6.20 Å². The number of nitrogens with one attached hydrogen (secondary N) is 1. The monoisotopic (exact) mass is 471 g/mol. The number of fused-ring (bicyclic) bond motifs is 1. The molecule has 0 atom stereocenters. The van der Waals surface area contributed by atoms with Crippen molar-refractivity contribution in [3.05, 3.63) is 87.0 Å². The number of aryl methyl sites for hydroxylation is 1. The van der Waals surface area contributed by atoms with Crippen LogP contribution in [0.15, 0.2) is 48.0 Å². The zero-order valence-corrected chi connectivity index (χ0v) is 19.0. The summed E-state index contributed by atoms with van der Waals surface area (Å²) in [6.07, 6.45) is 2.60. The summed E-state index contributed by atoms with van der Waals surface area (Å²) in [4.78, 5) is 29.5. The van der Waals surface area contributed by atoms with Crippen LogP contribution in [0.1, 0.15) is 50.8 Å². The van der Waals surface area contributed by atoms with E-state index in [9.17, 15) is 18.4 Å². The first-order valence-corrected chi connectivity index (χ1v) is 11.0. The van der Waals surface area contributed by atoms with Crippen molar-refractivity contribution in [2.45, 2.75) is 33.4 Å². The highest BCUT2D eigenvalue weighted by Gasteiger charge is 2.15. The van der Waals surface area contributed by atoms with Crippen molar-refractivity contribution >= 4 is 28.7 Å². The maximum absolute atomic E-state index is 13.2. The molecule has 3 N–H and O–H groups in total. The number of amides is 1. The van der Waals surface area contributed by atoms with Gasteiger partial charge in [0.25, 0.3) is 5.91 Å². The Bertz CT molecular complexity index is 1270.